The Morgan fingerprint density at radius 1 is 1.33 bits per heavy atom. The van der Waals surface area contributed by atoms with E-state index in [2.05, 4.69) is 22.5 Å². The molecular weight excluding hydrogens is 436 g/mol. The number of guanidine groups is 1. The van der Waals surface area contributed by atoms with Gasteiger partial charge in [0.2, 0.25) is 0 Å². The molecule has 1 atom stereocenters. The molecule has 2 N–H and O–H groups in total. The molecule has 0 aromatic heterocycles. The zero-order chi connectivity index (χ0) is 17.3. The molecule has 0 saturated carbocycles. The van der Waals surface area contributed by atoms with Crippen molar-refractivity contribution in [3.8, 4) is 0 Å². The Morgan fingerprint density at radius 3 is 2.58 bits per heavy atom. The number of hydrogen-bond donors (Lipinski definition) is 2. The number of rotatable bonds is 8. The van der Waals surface area contributed by atoms with Crippen molar-refractivity contribution in [1.29, 1.82) is 0 Å². The van der Waals surface area contributed by atoms with Crippen LogP contribution in [0.25, 0.3) is 0 Å². The largest absolute Gasteiger partial charge is 0.401 e. The lowest BCUT2D eigenvalue weighted by Crippen LogP contribution is -2.40. The average Bonchev–Trinajstić information content (AvgIpc) is 2.86. The predicted octanol–water partition coefficient (Wildman–Crippen LogP) is 2.61. The summed E-state index contributed by atoms with van der Waals surface area (Å²) in [4.78, 5) is 5.80. The molecule has 1 saturated heterocycles. The average molecular weight is 466 g/mol. The summed E-state index contributed by atoms with van der Waals surface area (Å²) in [7, 11) is 1.48. The monoisotopic (exact) mass is 466 g/mol. The van der Waals surface area contributed by atoms with Gasteiger partial charge in [0.1, 0.15) is 0 Å². The van der Waals surface area contributed by atoms with Crippen LogP contribution in [-0.2, 0) is 4.74 Å². The zero-order valence-corrected chi connectivity index (χ0v) is 17.0. The highest BCUT2D eigenvalue weighted by Crippen LogP contribution is 2.24. The topological polar surface area (TPSA) is 48.9 Å². The number of aliphatic imine (C=N–C) groups is 1. The third-order valence-electron chi connectivity index (χ3n) is 3.67. The summed E-state index contributed by atoms with van der Waals surface area (Å²) in [5.74, 6) is 0.683. The second-order valence-electron chi connectivity index (χ2n) is 6.23. The van der Waals surface area contributed by atoms with Crippen molar-refractivity contribution in [2.24, 2.45) is 4.99 Å². The van der Waals surface area contributed by atoms with E-state index in [1.165, 1.54) is 11.9 Å². The van der Waals surface area contributed by atoms with Gasteiger partial charge in [0.25, 0.3) is 0 Å². The van der Waals surface area contributed by atoms with Crippen LogP contribution in [0, 0.1) is 0 Å². The fourth-order valence-electron chi connectivity index (χ4n) is 2.49. The molecule has 1 aliphatic rings. The van der Waals surface area contributed by atoms with Gasteiger partial charge in [-0.05, 0) is 46.7 Å². The lowest BCUT2D eigenvalue weighted by atomic mass is 10.0. The van der Waals surface area contributed by atoms with Crippen LogP contribution in [0.5, 0.6) is 0 Å². The Labute approximate surface area is 159 Å². The summed E-state index contributed by atoms with van der Waals surface area (Å²) in [6.07, 6.45) is -1.47. The molecule has 144 valence electrons. The summed E-state index contributed by atoms with van der Waals surface area (Å²) in [6.45, 7) is 6.20. The Bertz CT molecular complexity index is 374. The van der Waals surface area contributed by atoms with E-state index in [-0.39, 0.29) is 29.6 Å². The Morgan fingerprint density at radius 2 is 2.04 bits per heavy atom. The third-order valence-corrected chi connectivity index (χ3v) is 3.67. The molecule has 0 spiro atoms. The Hall–Kier alpha value is -0.290. The fourth-order valence-corrected chi connectivity index (χ4v) is 2.49. The molecule has 0 aromatic rings. The summed E-state index contributed by atoms with van der Waals surface area (Å²) in [5.41, 5.74) is -0.199. The number of nitrogens with one attached hydrogen (secondary N) is 2. The number of alkyl halides is 3. The standard InChI is InChI=1S/C15H29F3N4O.HI/c1-4-19-13(21-11-14(2)7-5-10-23-14)20-8-6-9-22(3)12-15(16,17)18;/h4-12H2,1-3H3,(H2,19,20,21);1H. The first-order chi connectivity index (χ1) is 10.7. The molecule has 9 heteroatoms. The van der Waals surface area contributed by atoms with Gasteiger partial charge in [-0.2, -0.15) is 13.2 Å². The summed E-state index contributed by atoms with van der Waals surface area (Å²) in [6, 6.07) is 0. The molecule has 0 aromatic carbocycles. The van der Waals surface area contributed by atoms with Gasteiger partial charge in [0.05, 0.1) is 18.7 Å². The predicted molar refractivity (Wildman–Crippen MR) is 101 cm³/mol. The van der Waals surface area contributed by atoms with E-state index in [4.69, 9.17) is 4.74 Å². The van der Waals surface area contributed by atoms with Gasteiger partial charge in [-0.3, -0.25) is 9.89 Å². The van der Waals surface area contributed by atoms with Crippen LogP contribution in [-0.4, -0.2) is 69.0 Å². The number of hydrogen-bond acceptors (Lipinski definition) is 3. The van der Waals surface area contributed by atoms with Crippen molar-refractivity contribution in [2.45, 2.75) is 44.9 Å². The minimum Gasteiger partial charge on any atom is -0.373 e. The molecule has 1 fully saturated rings. The highest BCUT2D eigenvalue weighted by molar-refractivity contribution is 14.0. The lowest BCUT2D eigenvalue weighted by molar-refractivity contribution is -0.143. The second kappa shape index (κ2) is 11.3. The van der Waals surface area contributed by atoms with Crippen LogP contribution >= 0.6 is 24.0 Å². The fraction of sp³-hybridized carbons (Fsp3) is 0.933. The molecule has 1 aliphatic heterocycles. The minimum atomic E-state index is -4.14. The van der Waals surface area contributed by atoms with E-state index in [1.54, 1.807) is 0 Å². The summed E-state index contributed by atoms with van der Waals surface area (Å²) in [5, 5.41) is 6.30. The molecule has 0 aliphatic carbocycles. The van der Waals surface area contributed by atoms with Gasteiger partial charge in [-0.25, -0.2) is 0 Å². The second-order valence-corrected chi connectivity index (χ2v) is 6.23. The quantitative estimate of drug-likeness (QED) is 0.250. The van der Waals surface area contributed by atoms with Crippen LogP contribution in [0.1, 0.15) is 33.1 Å². The van der Waals surface area contributed by atoms with Crippen LogP contribution in [0.2, 0.25) is 0 Å². The summed E-state index contributed by atoms with van der Waals surface area (Å²) >= 11 is 0. The maximum atomic E-state index is 12.2. The Kier molecular flexibility index (Phi) is 11.2. The molecule has 0 bridgehead atoms. The van der Waals surface area contributed by atoms with Crippen LogP contribution in [0.15, 0.2) is 4.99 Å². The van der Waals surface area contributed by atoms with E-state index in [1.807, 2.05) is 6.92 Å². The van der Waals surface area contributed by atoms with Crippen molar-refractivity contribution >= 4 is 29.9 Å². The van der Waals surface area contributed by atoms with Gasteiger partial charge < -0.3 is 15.4 Å². The highest BCUT2D eigenvalue weighted by Gasteiger charge is 2.30. The van der Waals surface area contributed by atoms with E-state index in [0.717, 1.165) is 26.0 Å². The van der Waals surface area contributed by atoms with Gasteiger partial charge in [0, 0.05) is 19.7 Å². The van der Waals surface area contributed by atoms with E-state index in [0.29, 0.717) is 32.0 Å². The molecule has 24 heavy (non-hydrogen) atoms. The molecule has 1 rings (SSSR count). The van der Waals surface area contributed by atoms with Gasteiger partial charge in [-0.15, -0.1) is 24.0 Å². The van der Waals surface area contributed by atoms with Crippen LogP contribution in [0.4, 0.5) is 13.2 Å². The smallest absolute Gasteiger partial charge is 0.373 e. The van der Waals surface area contributed by atoms with E-state index < -0.39 is 12.7 Å². The first-order valence-corrected chi connectivity index (χ1v) is 8.15. The van der Waals surface area contributed by atoms with Gasteiger partial charge >= 0.3 is 6.18 Å². The minimum absolute atomic E-state index is 0. The maximum absolute atomic E-state index is 12.2. The van der Waals surface area contributed by atoms with E-state index >= 15 is 0 Å². The zero-order valence-electron chi connectivity index (χ0n) is 14.7. The van der Waals surface area contributed by atoms with Crippen molar-refractivity contribution in [1.82, 2.24) is 15.5 Å². The molecular formula is C15H30F3IN4O. The molecule has 0 radical (unpaired) electrons. The molecule has 5 nitrogen and oxygen atoms in total. The van der Waals surface area contributed by atoms with Gasteiger partial charge in [0.15, 0.2) is 5.96 Å². The molecule has 1 heterocycles. The molecule has 1 unspecified atom stereocenters. The van der Waals surface area contributed by atoms with Crippen molar-refractivity contribution in [2.75, 3.05) is 46.4 Å². The summed E-state index contributed by atoms with van der Waals surface area (Å²) < 4.78 is 42.4. The SMILES string of the molecule is CCNC(=NCC1(C)CCCO1)NCCCN(C)CC(F)(F)F.I. The first kappa shape index (κ1) is 23.7. The van der Waals surface area contributed by atoms with Crippen LogP contribution < -0.4 is 10.6 Å². The number of nitrogens with zero attached hydrogens (tertiary/aromatic N) is 2. The third kappa shape index (κ3) is 10.5. The first-order valence-electron chi connectivity index (χ1n) is 8.15. The highest BCUT2D eigenvalue weighted by atomic mass is 127. The lowest BCUT2D eigenvalue weighted by Gasteiger charge is -2.22. The van der Waals surface area contributed by atoms with Crippen molar-refractivity contribution in [3.05, 3.63) is 0 Å². The van der Waals surface area contributed by atoms with Crippen LogP contribution in [0.3, 0.4) is 0 Å². The van der Waals surface area contributed by atoms with Gasteiger partial charge in [-0.1, -0.05) is 0 Å². The van der Waals surface area contributed by atoms with Crippen molar-refractivity contribution < 1.29 is 17.9 Å². The normalized spacial score (nSPS) is 21.7. The van der Waals surface area contributed by atoms with Crippen molar-refractivity contribution in [3.63, 3.8) is 0 Å². The number of halogens is 4. The van der Waals surface area contributed by atoms with E-state index in [9.17, 15) is 13.2 Å². The Balaban J connectivity index is 0.00000529. The maximum Gasteiger partial charge on any atom is 0.401 e. The molecule has 0 amide bonds. The number of ether oxygens (including phenoxy) is 1.